The molecular formula is C29H33F6N7O5. The lowest BCUT2D eigenvalue weighted by molar-refractivity contribution is -0.193. The van der Waals surface area contributed by atoms with Crippen molar-refractivity contribution in [2.24, 2.45) is 16.5 Å². The molecule has 256 valence electrons. The maximum Gasteiger partial charge on any atom is 0.490 e. The number of carboxylic acid groups (broad SMARTS) is 2. The van der Waals surface area contributed by atoms with Crippen molar-refractivity contribution < 1.29 is 50.9 Å². The number of aryl methyl sites for hydroxylation is 2. The minimum Gasteiger partial charge on any atom is -0.475 e. The van der Waals surface area contributed by atoms with Crippen LogP contribution in [0.2, 0.25) is 0 Å². The highest BCUT2D eigenvalue weighted by atomic mass is 19.4. The van der Waals surface area contributed by atoms with Gasteiger partial charge in [-0.3, -0.25) is 4.79 Å². The molecule has 0 radical (unpaired) electrons. The first-order valence-electron chi connectivity index (χ1n) is 13.9. The quantitative estimate of drug-likeness (QED) is 0.123. The number of hydrogen-bond acceptors (Lipinski definition) is 7. The van der Waals surface area contributed by atoms with Crippen molar-refractivity contribution in [1.29, 1.82) is 0 Å². The van der Waals surface area contributed by atoms with Gasteiger partial charge in [0.2, 0.25) is 5.82 Å². The van der Waals surface area contributed by atoms with E-state index in [2.05, 4.69) is 25.6 Å². The van der Waals surface area contributed by atoms with Gasteiger partial charge in [0.15, 0.2) is 5.96 Å². The largest absolute Gasteiger partial charge is 0.490 e. The molecule has 2 atom stereocenters. The Morgan fingerprint density at radius 3 is 2.02 bits per heavy atom. The number of rotatable bonds is 6. The van der Waals surface area contributed by atoms with E-state index < -0.39 is 24.3 Å². The number of alkyl halides is 6. The first kappa shape index (κ1) is 38.0. The third-order valence-corrected chi connectivity index (χ3v) is 6.44. The minimum absolute atomic E-state index is 0.0302. The van der Waals surface area contributed by atoms with Crippen molar-refractivity contribution in [2.75, 3.05) is 5.32 Å². The number of carbonyl (C=O) groups is 3. The second-order valence-electron chi connectivity index (χ2n) is 10.4. The summed E-state index contributed by atoms with van der Waals surface area (Å²) in [5, 5.41) is 21.6. The van der Waals surface area contributed by atoms with Crippen LogP contribution in [-0.2, 0) is 16.1 Å². The van der Waals surface area contributed by atoms with E-state index in [1.807, 2.05) is 56.3 Å². The number of amides is 1. The van der Waals surface area contributed by atoms with Gasteiger partial charge in [-0.25, -0.2) is 24.5 Å². The highest BCUT2D eigenvalue weighted by Gasteiger charge is 2.39. The Morgan fingerprint density at radius 1 is 0.894 bits per heavy atom. The first-order chi connectivity index (χ1) is 21.8. The van der Waals surface area contributed by atoms with E-state index in [1.165, 1.54) is 0 Å². The number of benzene rings is 2. The number of aliphatic imine (C=N–C) groups is 1. The fraction of sp³-hybridized carbons (Fsp3) is 0.379. The molecule has 2 unspecified atom stereocenters. The van der Waals surface area contributed by atoms with Crippen LogP contribution in [0.4, 0.5) is 32.2 Å². The summed E-state index contributed by atoms with van der Waals surface area (Å²) in [7, 11) is 0. The van der Waals surface area contributed by atoms with E-state index in [9.17, 15) is 31.1 Å². The Hall–Kier alpha value is -5.16. The lowest BCUT2D eigenvalue weighted by Crippen LogP contribution is -2.38. The summed E-state index contributed by atoms with van der Waals surface area (Å²) in [6.45, 7) is 4.46. The van der Waals surface area contributed by atoms with E-state index in [0.29, 0.717) is 17.9 Å². The zero-order valence-electron chi connectivity index (χ0n) is 25.1. The number of guanidine groups is 1. The van der Waals surface area contributed by atoms with Gasteiger partial charge < -0.3 is 32.3 Å². The molecule has 2 aromatic carbocycles. The van der Waals surface area contributed by atoms with Gasteiger partial charge in [0.25, 0.3) is 5.91 Å². The SMILES string of the molecule is Cc1cccc(CNC(=O)c2nc(NC3CCCCC3N=C(N)N)c3cc(C)ccc3n2)c1.O=C(O)C(F)(F)F.O=C(O)C(F)(F)F. The van der Waals surface area contributed by atoms with E-state index in [0.717, 1.165) is 47.8 Å². The second-order valence-corrected chi connectivity index (χ2v) is 10.4. The number of nitrogens with one attached hydrogen (secondary N) is 2. The van der Waals surface area contributed by atoms with Crippen molar-refractivity contribution in [3.05, 3.63) is 65.0 Å². The molecule has 0 saturated heterocycles. The number of aromatic nitrogens is 2. The van der Waals surface area contributed by atoms with E-state index in [4.69, 9.17) is 31.3 Å². The Kier molecular flexibility index (Phi) is 13.3. The lowest BCUT2D eigenvalue weighted by atomic mass is 9.90. The molecule has 8 N–H and O–H groups in total. The number of halogens is 6. The molecule has 3 aromatic rings. The number of nitrogens with two attached hydrogens (primary N) is 2. The number of carbonyl (C=O) groups excluding carboxylic acids is 1. The van der Waals surface area contributed by atoms with Crippen LogP contribution in [0.1, 0.15) is 53.0 Å². The fourth-order valence-corrected chi connectivity index (χ4v) is 4.34. The Morgan fingerprint density at radius 2 is 1.47 bits per heavy atom. The van der Waals surface area contributed by atoms with Gasteiger partial charge in [0, 0.05) is 11.9 Å². The third kappa shape index (κ3) is 12.6. The van der Waals surface area contributed by atoms with Crippen LogP contribution in [0, 0.1) is 13.8 Å². The van der Waals surface area contributed by atoms with Crippen LogP contribution in [0.25, 0.3) is 10.9 Å². The average Bonchev–Trinajstić information content (AvgIpc) is 2.96. The lowest BCUT2D eigenvalue weighted by Gasteiger charge is -2.30. The summed E-state index contributed by atoms with van der Waals surface area (Å²) < 4.78 is 63.5. The molecule has 1 aromatic heterocycles. The van der Waals surface area contributed by atoms with Crippen LogP contribution in [0.5, 0.6) is 0 Å². The van der Waals surface area contributed by atoms with Gasteiger partial charge in [-0.15, -0.1) is 0 Å². The Balaban J connectivity index is 0.000000459. The Labute approximate surface area is 264 Å². The topological polar surface area (TPSA) is 206 Å². The van der Waals surface area contributed by atoms with Crippen LogP contribution in [-0.4, -0.2) is 68.4 Å². The van der Waals surface area contributed by atoms with Gasteiger partial charge >= 0.3 is 24.3 Å². The van der Waals surface area contributed by atoms with Crippen LogP contribution >= 0.6 is 0 Å². The highest BCUT2D eigenvalue weighted by molar-refractivity contribution is 5.96. The zero-order valence-corrected chi connectivity index (χ0v) is 25.1. The summed E-state index contributed by atoms with van der Waals surface area (Å²) in [4.78, 5) is 44.3. The monoisotopic (exact) mass is 673 g/mol. The molecule has 12 nitrogen and oxygen atoms in total. The molecule has 1 heterocycles. The van der Waals surface area contributed by atoms with E-state index in [-0.39, 0.29) is 29.8 Å². The molecule has 1 aliphatic rings. The minimum atomic E-state index is -5.08. The van der Waals surface area contributed by atoms with Crippen LogP contribution in [0.15, 0.2) is 47.5 Å². The summed E-state index contributed by atoms with van der Waals surface area (Å²) in [6.07, 6.45) is -6.18. The predicted octanol–water partition coefficient (Wildman–Crippen LogP) is 4.44. The van der Waals surface area contributed by atoms with Crippen LogP contribution < -0.4 is 22.1 Å². The van der Waals surface area contributed by atoms with Gasteiger partial charge in [-0.2, -0.15) is 26.3 Å². The number of aliphatic carboxylic acids is 2. The maximum atomic E-state index is 12.9. The molecule has 0 spiro atoms. The van der Waals surface area contributed by atoms with Crippen molar-refractivity contribution in [2.45, 2.75) is 70.5 Å². The number of anilines is 1. The molecule has 18 heteroatoms. The molecule has 0 bridgehead atoms. The average molecular weight is 674 g/mol. The Bertz CT molecular complexity index is 1570. The molecule has 47 heavy (non-hydrogen) atoms. The van der Waals surface area contributed by atoms with Crippen molar-refractivity contribution in [3.63, 3.8) is 0 Å². The van der Waals surface area contributed by atoms with Gasteiger partial charge in [0.1, 0.15) is 5.82 Å². The molecule has 1 fully saturated rings. The van der Waals surface area contributed by atoms with Crippen molar-refractivity contribution in [1.82, 2.24) is 15.3 Å². The number of nitrogens with zero attached hydrogens (tertiary/aromatic N) is 3. The normalized spacial score (nSPS) is 16.0. The first-order valence-corrected chi connectivity index (χ1v) is 13.9. The van der Waals surface area contributed by atoms with E-state index >= 15 is 0 Å². The summed E-state index contributed by atoms with van der Waals surface area (Å²) in [6, 6.07) is 14.0. The molecule has 1 amide bonds. The molecule has 4 rings (SSSR count). The van der Waals surface area contributed by atoms with Gasteiger partial charge in [-0.1, -0.05) is 54.3 Å². The molecule has 1 saturated carbocycles. The van der Waals surface area contributed by atoms with Gasteiger partial charge in [-0.05, 0) is 44.4 Å². The standard InChI is InChI=1S/C25H31N7O.2C2HF3O2/c1-15-6-5-7-17(12-15)14-28-24(33)23-29-19-11-10-16(2)13-18(19)22(32-23)30-20-8-3-4-9-21(20)31-25(26)27;2*3-2(4,5)1(6)7/h5-7,10-13,20-21H,3-4,8-9,14H2,1-2H3,(H,28,33)(H4,26,27,31)(H,29,30,32);2*(H,6,7). The van der Waals surface area contributed by atoms with E-state index in [1.54, 1.807) is 0 Å². The second kappa shape index (κ2) is 16.4. The molecular weight excluding hydrogens is 640 g/mol. The molecule has 0 aliphatic heterocycles. The number of carboxylic acids is 2. The summed E-state index contributed by atoms with van der Waals surface area (Å²) in [5.74, 6) is -4.97. The smallest absolute Gasteiger partial charge is 0.475 e. The summed E-state index contributed by atoms with van der Waals surface area (Å²) >= 11 is 0. The maximum absolute atomic E-state index is 12.9. The highest BCUT2D eigenvalue weighted by Crippen LogP contribution is 2.28. The summed E-state index contributed by atoms with van der Waals surface area (Å²) in [5.41, 5.74) is 15.3. The predicted molar refractivity (Wildman–Crippen MR) is 159 cm³/mol. The number of hydrogen-bond donors (Lipinski definition) is 6. The zero-order chi connectivity index (χ0) is 35.5. The fourth-order valence-electron chi connectivity index (χ4n) is 4.34. The van der Waals surface area contributed by atoms with Crippen molar-refractivity contribution >= 4 is 40.5 Å². The third-order valence-electron chi connectivity index (χ3n) is 6.44. The van der Waals surface area contributed by atoms with Crippen LogP contribution in [0.3, 0.4) is 0 Å². The number of fused-ring (bicyclic) bond motifs is 1. The molecule has 1 aliphatic carbocycles. The van der Waals surface area contributed by atoms with Crippen molar-refractivity contribution in [3.8, 4) is 0 Å². The van der Waals surface area contributed by atoms with Gasteiger partial charge in [0.05, 0.1) is 17.6 Å².